The second-order valence-corrected chi connectivity index (χ2v) is 4.19. The monoisotopic (exact) mass is 169 g/mol. The molecule has 2 heteroatoms. The summed E-state index contributed by atoms with van der Waals surface area (Å²) in [6.07, 6.45) is 2.29. The molecule has 1 rings (SSSR count). The molecular weight excluding hydrogens is 148 g/mol. The minimum absolute atomic E-state index is 0.638. The first kappa shape index (κ1) is 9.72. The van der Waals surface area contributed by atoms with Crippen LogP contribution in [0, 0.1) is 5.92 Å². The molecule has 0 amide bonds. The molecule has 1 N–H and O–H groups in total. The SMILES string of the molecule is CC(C)C1CNCC=[N+]1C(C)C. The molecule has 0 aromatic rings. The van der Waals surface area contributed by atoms with E-state index < -0.39 is 0 Å². The zero-order chi connectivity index (χ0) is 9.14. The number of rotatable bonds is 2. The van der Waals surface area contributed by atoms with Gasteiger partial charge in [0.05, 0.1) is 13.1 Å². The fourth-order valence-electron chi connectivity index (χ4n) is 1.82. The molecule has 12 heavy (non-hydrogen) atoms. The van der Waals surface area contributed by atoms with E-state index in [0.29, 0.717) is 12.1 Å². The van der Waals surface area contributed by atoms with E-state index >= 15 is 0 Å². The topological polar surface area (TPSA) is 15.0 Å². The van der Waals surface area contributed by atoms with Crippen LogP contribution >= 0.6 is 0 Å². The first-order chi connectivity index (χ1) is 5.63. The standard InChI is InChI=1S/C10H21N2/c1-8(2)10-7-11-5-6-12(10)9(3)4/h6,8-11H,5,7H2,1-4H3/q+1. The van der Waals surface area contributed by atoms with E-state index in [-0.39, 0.29) is 0 Å². The molecule has 1 aliphatic rings. The van der Waals surface area contributed by atoms with Crippen molar-refractivity contribution in [1.82, 2.24) is 5.32 Å². The van der Waals surface area contributed by atoms with Crippen LogP contribution in [0.5, 0.6) is 0 Å². The van der Waals surface area contributed by atoms with E-state index in [0.717, 1.165) is 19.0 Å². The van der Waals surface area contributed by atoms with Crippen molar-refractivity contribution < 1.29 is 4.58 Å². The number of nitrogens with one attached hydrogen (secondary N) is 1. The molecule has 0 aromatic carbocycles. The fourth-order valence-corrected chi connectivity index (χ4v) is 1.82. The summed E-state index contributed by atoms with van der Waals surface area (Å²) in [5.41, 5.74) is 0. The predicted molar refractivity (Wildman–Crippen MR) is 53.0 cm³/mol. The van der Waals surface area contributed by atoms with Crippen molar-refractivity contribution >= 4 is 6.21 Å². The molecule has 1 atom stereocenters. The largest absolute Gasteiger partial charge is 0.302 e. The molecule has 1 unspecified atom stereocenters. The predicted octanol–water partition coefficient (Wildman–Crippen LogP) is 1.11. The first-order valence-corrected chi connectivity index (χ1v) is 4.94. The van der Waals surface area contributed by atoms with E-state index in [4.69, 9.17) is 0 Å². The van der Waals surface area contributed by atoms with Crippen molar-refractivity contribution in [3.05, 3.63) is 0 Å². The summed E-state index contributed by atoms with van der Waals surface area (Å²) >= 11 is 0. The van der Waals surface area contributed by atoms with Gasteiger partial charge in [-0.05, 0) is 13.8 Å². The molecule has 0 spiro atoms. The van der Waals surface area contributed by atoms with Gasteiger partial charge in [0.15, 0.2) is 12.3 Å². The Morgan fingerprint density at radius 1 is 1.33 bits per heavy atom. The van der Waals surface area contributed by atoms with Crippen LogP contribution in [0.15, 0.2) is 0 Å². The van der Waals surface area contributed by atoms with E-state index in [1.54, 1.807) is 0 Å². The molecule has 2 nitrogen and oxygen atoms in total. The second kappa shape index (κ2) is 4.04. The second-order valence-electron chi connectivity index (χ2n) is 4.19. The zero-order valence-electron chi connectivity index (χ0n) is 8.67. The summed E-state index contributed by atoms with van der Waals surface area (Å²) in [4.78, 5) is 0. The Hall–Kier alpha value is -0.370. The molecule has 0 bridgehead atoms. The molecule has 0 saturated carbocycles. The Kier molecular flexibility index (Phi) is 3.27. The minimum Gasteiger partial charge on any atom is -0.302 e. The first-order valence-electron chi connectivity index (χ1n) is 4.94. The van der Waals surface area contributed by atoms with Crippen LogP contribution in [0.2, 0.25) is 0 Å². The van der Waals surface area contributed by atoms with E-state index in [1.807, 2.05) is 0 Å². The quantitative estimate of drug-likeness (QED) is 0.612. The van der Waals surface area contributed by atoms with E-state index in [2.05, 4.69) is 43.8 Å². The maximum Gasteiger partial charge on any atom is 0.167 e. The van der Waals surface area contributed by atoms with E-state index in [1.165, 1.54) is 0 Å². The van der Waals surface area contributed by atoms with Crippen LogP contribution in [0.25, 0.3) is 0 Å². The maximum atomic E-state index is 3.40. The van der Waals surface area contributed by atoms with Crippen molar-refractivity contribution in [3.63, 3.8) is 0 Å². The lowest BCUT2D eigenvalue weighted by Gasteiger charge is -2.25. The van der Waals surface area contributed by atoms with E-state index in [9.17, 15) is 0 Å². The molecule has 0 aromatic heterocycles. The molecular formula is C10H21N2+. The van der Waals surface area contributed by atoms with Crippen molar-refractivity contribution in [3.8, 4) is 0 Å². The van der Waals surface area contributed by atoms with Crippen molar-refractivity contribution in [2.24, 2.45) is 5.92 Å². The summed E-state index contributed by atoms with van der Waals surface area (Å²) in [6, 6.07) is 1.32. The molecule has 1 heterocycles. The molecule has 0 radical (unpaired) electrons. The van der Waals surface area contributed by atoms with Gasteiger partial charge in [-0.25, -0.2) is 4.58 Å². The smallest absolute Gasteiger partial charge is 0.167 e. The number of nitrogens with zero attached hydrogens (tertiary/aromatic N) is 1. The average Bonchev–Trinajstić information content (AvgIpc) is 2.04. The van der Waals surface area contributed by atoms with Crippen molar-refractivity contribution in [2.75, 3.05) is 13.1 Å². The highest BCUT2D eigenvalue weighted by molar-refractivity contribution is 5.54. The van der Waals surface area contributed by atoms with Gasteiger partial charge in [-0.15, -0.1) is 0 Å². The highest BCUT2D eigenvalue weighted by Crippen LogP contribution is 2.09. The minimum atomic E-state index is 0.638. The molecule has 0 fully saturated rings. The maximum absolute atomic E-state index is 3.40. The van der Waals surface area contributed by atoms with Gasteiger partial charge in [-0.2, -0.15) is 0 Å². The Morgan fingerprint density at radius 3 is 2.42 bits per heavy atom. The van der Waals surface area contributed by atoms with Gasteiger partial charge in [-0.3, -0.25) is 0 Å². The van der Waals surface area contributed by atoms with Crippen molar-refractivity contribution in [1.29, 1.82) is 0 Å². The Bertz CT molecular complexity index is 171. The van der Waals surface area contributed by atoms with Gasteiger partial charge >= 0.3 is 0 Å². The molecule has 0 aliphatic carbocycles. The Balaban J connectivity index is 2.71. The highest BCUT2D eigenvalue weighted by atomic mass is 15.1. The van der Waals surface area contributed by atoms with Gasteiger partial charge in [0, 0.05) is 5.92 Å². The molecule has 70 valence electrons. The van der Waals surface area contributed by atoms with Gasteiger partial charge < -0.3 is 5.32 Å². The summed E-state index contributed by atoms with van der Waals surface area (Å²) < 4.78 is 2.49. The third-order valence-corrected chi connectivity index (χ3v) is 2.55. The van der Waals surface area contributed by atoms with Gasteiger partial charge in [0.1, 0.15) is 6.04 Å². The van der Waals surface area contributed by atoms with Crippen LogP contribution in [0.4, 0.5) is 0 Å². The average molecular weight is 169 g/mol. The lowest BCUT2D eigenvalue weighted by atomic mass is 10.0. The highest BCUT2D eigenvalue weighted by Gasteiger charge is 2.28. The van der Waals surface area contributed by atoms with Crippen LogP contribution in [-0.2, 0) is 0 Å². The summed E-state index contributed by atoms with van der Waals surface area (Å²) in [5, 5.41) is 3.40. The number of hydrogen-bond donors (Lipinski definition) is 1. The Morgan fingerprint density at radius 2 is 2.00 bits per heavy atom. The van der Waals surface area contributed by atoms with Crippen LogP contribution in [0.1, 0.15) is 27.7 Å². The molecule has 1 aliphatic heterocycles. The fraction of sp³-hybridized carbons (Fsp3) is 0.900. The third-order valence-electron chi connectivity index (χ3n) is 2.55. The van der Waals surface area contributed by atoms with Crippen LogP contribution < -0.4 is 5.32 Å². The summed E-state index contributed by atoms with van der Waals surface area (Å²) in [5.74, 6) is 0.733. The van der Waals surface area contributed by atoms with Crippen LogP contribution in [0.3, 0.4) is 0 Å². The van der Waals surface area contributed by atoms with Gasteiger partial charge in [0.2, 0.25) is 0 Å². The zero-order valence-corrected chi connectivity index (χ0v) is 8.67. The van der Waals surface area contributed by atoms with Gasteiger partial charge in [0.25, 0.3) is 0 Å². The van der Waals surface area contributed by atoms with Crippen LogP contribution in [-0.4, -0.2) is 36.0 Å². The lowest BCUT2D eigenvalue weighted by molar-refractivity contribution is -0.599. The normalized spacial score (nSPS) is 24.8. The summed E-state index contributed by atoms with van der Waals surface area (Å²) in [7, 11) is 0. The van der Waals surface area contributed by atoms with Crippen molar-refractivity contribution in [2.45, 2.75) is 39.8 Å². The number of hydrogen-bond acceptors (Lipinski definition) is 1. The molecule has 0 saturated heterocycles. The Labute approximate surface area is 75.7 Å². The lowest BCUT2D eigenvalue weighted by Crippen LogP contribution is -2.49. The summed E-state index contributed by atoms with van der Waals surface area (Å²) in [6.45, 7) is 11.3. The van der Waals surface area contributed by atoms with Gasteiger partial charge in [-0.1, -0.05) is 13.8 Å². The third kappa shape index (κ3) is 2.07.